The number of halogens is 2. The molecule has 0 fully saturated rings. The Morgan fingerprint density at radius 2 is 1.97 bits per heavy atom. The summed E-state index contributed by atoms with van der Waals surface area (Å²) in [5, 5.41) is 11.5. The zero-order chi connectivity index (χ0) is 21.9. The third-order valence-corrected chi connectivity index (χ3v) is 3.56. The second-order valence-electron chi connectivity index (χ2n) is 5.66. The number of carbonyl (C=O) groups is 2. The van der Waals surface area contributed by atoms with Crippen LogP contribution in [0.2, 0.25) is 0 Å². The summed E-state index contributed by atoms with van der Waals surface area (Å²) in [7, 11) is 0. The number of nitrogens with zero attached hydrogens (tertiary/aromatic N) is 1. The summed E-state index contributed by atoms with van der Waals surface area (Å²) in [5.41, 5.74) is 1.07. The molecule has 2 aromatic rings. The lowest BCUT2D eigenvalue weighted by Crippen LogP contribution is -2.20. The van der Waals surface area contributed by atoms with E-state index in [2.05, 4.69) is 10.1 Å². The zero-order valence-corrected chi connectivity index (χ0v) is 15.9. The second kappa shape index (κ2) is 11.2. The highest BCUT2D eigenvalue weighted by atomic mass is 19.3. The molecule has 0 spiro atoms. The standard InChI is InChI=1S/C21H18F2N2O5/c1-2-28-18-11-14(7-9-17(18)30-21(22)23)8-10-20(27)29-13-19(26)25-16-6-4-3-5-15(16)12-24/h3-11,21H,2,13H2,1H3,(H,25,26)/b10-8+. The van der Waals surface area contributed by atoms with Crippen LogP contribution in [0.25, 0.3) is 6.08 Å². The fourth-order valence-electron chi connectivity index (χ4n) is 2.31. The first-order chi connectivity index (χ1) is 14.4. The van der Waals surface area contributed by atoms with Crippen LogP contribution < -0.4 is 14.8 Å². The van der Waals surface area contributed by atoms with Crippen LogP contribution >= 0.6 is 0 Å². The number of benzene rings is 2. The number of rotatable bonds is 9. The summed E-state index contributed by atoms with van der Waals surface area (Å²) in [6.45, 7) is -1.62. The summed E-state index contributed by atoms with van der Waals surface area (Å²) in [6, 6.07) is 12.5. The van der Waals surface area contributed by atoms with Gasteiger partial charge in [0, 0.05) is 6.08 Å². The van der Waals surface area contributed by atoms with E-state index in [0.29, 0.717) is 11.3 Å². The molecule has 0 aliphatic rings. The predicted molar refractivity (Wildman–Crippen MR) is 104 cm³/mol. The van der Waals surface area contributed by atoms with E-state index in [0.717, 1.165) is 6.08 Å². The number of para-hydroxylation sites is 1. The van der Waals surface area contributed by atoms with Crippen molar-refractivity contribution in [3.8, 4) is 17.6 Å². The third kappa shape index (κ3) is 6.91. The molecule has 1 N–H and O–H groups in total. The predicted octanol–water partition coefficient (Wildman–Crippen LogP) is 3.75. The summed E-state index contributed by atoms with van der Waals surface area (Å²) in [4.78, 5) is 23.7. The largest absolute Gasteiger partial charge is 0.490 e. The quantitative estimate of drug-likeness (QED) is 0.494. The number of ether oxygens (including phenoxy) is 3. The van der Waals surface area contributed by atoms with Crippen molar-refractivity contribution in [3.05, 3.63) is 59.7 Å². The smallest absolute Gasteiger partial charge is 0.387 e. The molecule has 0 aliphatic heterocycles. The van der Waals surface area contributed by atoms with Crippen LogP contribution in [0.5, 0.6) is 11.5 Å². The van der Waals surface area contributed by atoms with E-state index in [1.165, 1.54) is 24.3 Å². The number of amides is 1. The van der Waals surface area contributed by atoms with Crippen LogP contribution in [0.4, 0.5) is 14.5 Å². The van der Waals surface area contributed by atoms with Gasteiger partial charge in [-0.2, -0.15) is 14.0 Å². The van der Waals surface area contributed by atoms with Gasteiger partial charge in [-0.3, -0.25) is 4.79 Å². The highest BCUT2D eigenvalue weighted by molar-refractivity contribution is 5.95. The molecule has 0 unspecified atom stereocenters. The Morgan fingerprint density at radius 3 is 2.67 bits per heavy atom. The van der Waals surface area contributed by atoms with Gasteiger partial charge in [0.2, 0.25) is 0 Å². The van der Waals surface area contributed by atoms with Gasteiger partial charge in [0.1, 0.15) is 6.07 Å². The molecule has 156 valence electrons. The molecule has 2 aromatic carbocycles. The lowest BCUT2D eigenvalue weighted by atomic mass is 10.2. The van der Waals surface area contributed by atoms with Crippen molar-refractivity contribution in [2.75, 3.05) is 18.5 Å². The number of hydrogen-bond donors (Lipinski definition) is 1. The minimum Gasteiger partial charge on any atom is -0.490 e. The van der Waals surface area contributed by atoms with Crippen LogP contribution in [0, 0.1) is 11.3 Å². The van der Waals surface area contributed by atoms with Gasteiger partial charge < -0.3 is 19.5 Å². The number of nitrogens with one attached hydrogen (secondary N) is 1. The Labute approximate surface area is 171 Å². The first-order valence-corrected chi connectivity index (χ1v) is 8.78. The molecular formula is C21H18F2N2O5. The number of nitriles is 1. The maximum Gasteiger partial charge on any atom is 0.387 e. The van der Waals surface area contributed by atoms with Crippen LogP contribution in [-0.2, 0) is 14.3 Å². The van der Waals surface area contributed by atoms with Crippen molar-refractivity contribution in [1.29, 1.82) is 5.26 Å². The Hall–Kier alpha value is -3.93. The minimum atomic E-state index is -2.99. The van der Waals surface area contributed by atoms with Crippen molar-refractivity contribution < 1.29 is 32.6 Å². The van der Waals surface area contributed by atoms with Crippen LogP contribution in [0.3, 0.4) is 0 Å². The summed E-state index contributed by atoms with van der Waals surface area (Å²) >= 11 is 0. The van der Waals surface area contributed by atoms with E-state index in [1.807, 2.05) is 6.07 Å². The molecule has 2 rings (SSSR count). The Bertz CT molecular complexity index is 970. The molecule has 0 bridgehead atoms. The molecule has 0 aromatic heterocycles. The van der Waals surface area contributed by atoms with Crippen molar-refractivity contribution in [2.24, 2.45) is 0 Å². The van der Waals surface area contributed by atoms with Gasteiger partial charge in [0.15, 0.2) is 18.1 Å². The van der Waals surface area contributed by atoms with Crippen molar-refractivity contribution >= 4 is 23.6 Å². The topological polar surface area (TPSA) is 97.6 Å². The van der Waals surface area contributed by atoms with E-state index >= 15 is 0 Å². The maximum atomic E-state index is 12.4. The number of esters is 1. The lowest BCUT2D eigenvalue weighted by molar-refractivity contribution is -0.142. The first-order valence-electron chi connectivity index (χ1n) is 8.78. The van der Waals surface area contributed by atoms with Gasteiger partial charge in [-0.15, -0.1) is 0 Å². The Morgan fingerprint density at radius 1 is 1.20 bits per heavy atom. The SMILES string of the molecule is CCOc1cc(/C=C/C(=O)OCC(=O)Nc2ccccc2C#N)ccc1OC(F)F. The van der Waals surface area contributed by atoms with Crippen LogP contribution in [-0.4, -0.2) is 31.7 Å². The van der Waals surface area contributed by atoms with Gasteiger partial charge in [-0.1, -0.05) is 18.2 Å². The average molecular weight is 416 g/mol. The molecule has 0 atom stereocenters. The van der Waals surface area contributed by atoms with Crippen LogP contribution in [0.1, 0.15) is 18.1 Å². The van der Waals surface area contributed by atoms with Gasteiger partial charge >= 0.3 is 12.6 Å². The fraction of sp³-hybridized carbons (Fsp3) is 0.190. The normalized spacial score (nSPS) is 10.5. The summed E-state index contributed by atoms with van der Waals surface area (Å²) < 4.78 is 39.3. The first kappa shape index (κ1) is 22.4. The van der Waals surface area contributed by atoms with Crippen LogP contribution in [0.15, 0.2) is 48.5 Å². The molecule has 0 heterocycles. The highest BCUT2D eigenvalue weighted by Gasteiger charge is 2.12. The number of carbonyl (C=O) groups excluding carboxylic acids is 2. The molecule has 0 saturated heterocycles. The molecule has 0 radical (unpaired) electrons. The van der Waals surface area contributed by atoms with E-state index in [4.69, 9.17) is 14.7 Å². The van der Waals surface area contributed by atoms with Gasteiger partial charge in [0.05, 0.1) is 17.9 Å². The number of anilines is 1. The molecular weight excluding hydrogens is 398 g/mol. The van der Waals surface area contributed by atoms with E-state index < -0.39 is 25.1 Å². The maximum absolute atomic E-state index is 12.4. The monoisotopic (exact) mass is 416 g/mol. The number of hydrogen-bond acceptors (Lipinski definition) is 6. The summed E-state index contributed by atoms with van der Waals surface area (Å²) in [6.07, 6.45) is 2.45. The third-order valence-electron chi connectivity index (χ3n) is 3.56. The molecule has 9 heteroatoms. The van der Waals surface area contributed by atoms with Crippen molar-refractivity contribution in [2.45, 2.75) is 13.5 Å². The van der Waals surface area contributed by atoms with Crippen molar-refractivity contribution in [3.63, 3.8) is 0 Å². The van der Waals surface area contributed by atoms with Gasteiger partial charge in [-0.05, 0) is 42.8 Å². The van der Waals surface area contributed by atoms with Gasteiger partial charge in [0.25, 0.3) is 5.91 Å². The molecule has 0 aliphatic carbocycles. The lowest BCUT2D eigenvalue weighted by Gasteiger charge is -2.11. The molecule has 7 nitrogen and oxygen atoms in total. The zero-order valence-electron chi connectivity index (χ0n) is 15.9. The highest BCUT2D eigenvalue weighted by Crippen LogP contribution is 2.30. The second-order valence-corrected chi connectivity index (χ2v) is 5.66. The van der Waals surface area contributed by atoms with E-state index in [1.54, 1.807) is 31.2 Å². The molecule has 1 amide bonds. The van der Waals surface area contributed by atoms with E-state index in [9.17, 15) is 18.4 Å². The van der Waals surface area contributed by atoms with Gasteiger partial charge in [-0.25, -0.2) is 4.79 Å². The van der Waals surface area contributed by atoms with Crippen molar-refractivity contribution in [1.82, 2.24) is 0 Å². The average Bonchev–Trinajstić information content (AvgIpc) is 2.72. The Balaban J connectivity index is 1.93. The molecule has 0 saturated carbocycles. The van der Waals surface area contributed by atoms with E-state index in [-0.39, 0.29) is 23.7 Å². The Kier molecular flexibility index (Phi) is 8.32. The minimum absolute atomic E-state index is 0.101. The number of alkyl halides is 2. The molecule has 30 heavy (non-hydrogen) atoms. The summed E-state index contributed by atoms with van der Waals surface area (Å²) in [5.74, 6) is -1.42. The fourth-order valence-corrected chi connectivity index (χ4v) is 2.31.